The summed E-state index contributed by atoms with van der Waals surface area (Å²) in [7, 11) is 0. The Morgan fingerprint density at radius 1 is 1.29 bits per heavy atom. The summed E-state index contributed by atoms with van der Waals surface area (Å²) in [6.45, 7) is -0.0669. The molecule has 0 fully saturated rings. The first-order valence-corrected chi connectivity index (χ1v) is 5.01. The van der Waals surface area contributed by atoms with Gasteiger partial charge in [-0.1, -0.05) is 12.1 Å². The van der Waals surface area contributed by atoms with Crippen LogP contribution in [0, 0.1) is 5.82 Å². The van der Waals surface area contributed by atoms with Crippen LogP contribution >= 0.6 is 0 Å². The van der Waals surface area contributed by atoms with Gasteiger partial charge in [-0.05, 0) is 17.7 Å². The fourth-order valence-electron chi connectivity index (χ4n) is 1.20. The van der Waals surface area contributed by atoms with Crippen molar-refractivity contribution >= 4 is 11.9 Å². The van der Waals surface area contributed by atoms with E-state index in [1.807, 2.05) is 0 Å². The van der Waals surface area contributed by atoms with Crippen molar-refractivity contribution in [3.8, 4) is 0 Å². The van der Waals surface area contributed by atoms with Crippen LogP contribution in [0.1, 0.15) is 5.56 Å². The van der Waals surface area contributed by atoms with Gasteiger partial charge >= 0.3 is 5.97 Å². The molecule has 0 radical (unpaired) electrons. The SMILES string of the molecule is O=C(O)CNC(=O)CNCc1cccc(F)c1. The van der Waals surface area contributed by atoms with Crippen molar-refractivity contribution in [3.63, 3.8) is 0 Å². The van der Waals surface area contributed by atoms with Gasteiger partial charge in [-0.3, -0.25) is 9.59 Å². The molecule has 1 rings (SSSR count). The molecule has 0 aromatic heterocycles. The van der Waals surface area contributed by atoms with Gasteiger partial charge in [0, 0.05) is 6.54 Å². The second-order valence-corrected chi connectivity index (χ2v) is 3.40. The molecule has 0 unspecified atom stereocenters. The van der Waals surface area contributed by atoms with E-state index in [2.05, 4.69) is 10.6 Å². The Morgan fingerprint density at radius 2 is 2.06 bits per heavy atom. The van der Waals surface area contributed by atoms with E-state index in [0.29, 0.717) is 6.54 Å². The van der Waals surface area contributed by atoms with E-state index >= 15 is 0 Å². The summed E-state index contributed by atoms with van der Waals surface area (Å²) in [6, 6.07) is 6.01. The zero-order valence-electron chi connectivity index (χ0n) is 9.07. The maximum atomic E-state index is 12.8. The second kappa shape index (κ2) is 6.59. The zero-order valence-corrected chi connectivity index (χ0v) is 9.07. The lowest BCUT2D eigenvalue weighted by Crippen LogP contribution is -2.36. The third-order valence-electron chi connectivity index (χ3n) is 1.94. The number of aliphatic carboxylic acids is 1. The van der Waals surface area contributed by atoms with Crippen LogP contribution in [0.5, 0.6) is 0 Å². The monoisotopic (exact) mass is 240 g/mol. The molecule has 3 N–H and O–H groups in total. The normalized spacial score (nSPS) is 9.94. The fraction of sp³-hybridized carbons (Fsp3) is 0.273. The van der Waals surface area contributed by atoms with Gasteiger partial charge < -0.3 is 15.7 Å². The molecule has 0 aliphatic heterocycles. The van der Waals surface area contributed by atoms with Crippen LogP contribution in [0.2, 0.25) is 0 Å². The summed E-state index contributed by atoms with van der Waals surface area (Å²) < 4.78 is 12.8. The van der Waals surface area contributed by atoms with Gasteiger partial charge in [0.1, 0.15) is 12.4 Å². The Balaban J connectivity index is 2.23. The van der Waals surface area contributed by atoms with Crippen molar-refractivity contribution in [1.29, 1.82) is 0 Å². The Bertz CT molecular complexity index is 409. The molecular weight excluding hydrogens is 227 g/mol. The molecular formula is C11H13FN2O3. The topological polar surface area (TPSA) is 78.4 Å². The smallest absolute Gasteiger partial charge is 0.322 e. The van der Waals surface area contributed by atoms with Crippen LogP contribution in [0.15, 0.2) is 24.3 Å². The lowest BCUT2D eigenvalue weighted by molar-refractivity contribution is -0.137. The average Bonchev–Trinajstić information content (AvgIpc) is 2.26. The molecule has 1 aromatic rings. The van der Waals surface area contributed by atoms with Gasteiger partial charge in [0.25, 0.3) is 0 Å². The first-order valence-electron chi connectivity index (χ1n) is 5.01. The number of carboxylic acids is 1. The lowest BCUT2D eigenvalue weighted by Gasteiger charge is -2.05. The molecule has 0 aliphatic carbocycles. The molecule has 1 aromatic carbocycles. The first-order chi connectivity index (χ1) is 8.08. The van der Waals surface area contributed by atoms with Crippen LogP contribution in [0.4, 0.5) is 4.39 Å². The van der Waals surface area contributed by atoms with Gasteiger partial charge in [-0.15, -0.1) is 0 Å². The van der Waals surface area contributed by atoms with Crippen LogP contribution in [-0.2, 0) is 16.1 Å². The van der Waals surface area contributed by atoms with E-state index in [9.17, 15) is 14.0 Å². The lowest BCUT2D eigenvalue weighted by atomic mass is 10.2. The number of amides is 1. The third kappa shape index (κ3) is 5.62. The number of carboxylic acid groups (broad SMARTS) is 1. The minimum atomic E-state index is -1.09. The number of rotatable bonds is 6. The first kappa shape index (κ1) is 13.1. The van der Waals surface area contributed by atoms with E-state index in [0.717, 1.165) is 5.56 Å². The van der Waals surface area contributed by atoms with Crippen molar-refractivity contribution in [2.75, 3.05) is 13.1 Å². The molecule has 17 heavy (non-hydrogen) atoms. The summed E-state index contributed by atoms with van der Waals surface area (Å²) in [5.74, 6) is -1.84. The Labute approximate surface area is 97.6 Å². The number of nitrogens with one attached hydrogen (secondary N) is 2. The largest absolute Gasteiger partial charge is 0.480 e. The Hall–Kier alpha value is -1.95. The van der Waals surface area contributed by atoms with Crippen molar-refractivity contribution in [3.05, 3.63) is 35.6 Å². The van der Waals surface area contributed by atoms with Gasteiger partial charge in [0.15, 0.2) is 0 Å². The minimum absolute atomic E-state index is 0.0101. The van der Waals surface area contributed by atoms with E-state index in [1.165, 1.54) is 12.1 Å². The highest BCUT2D eigenvalue weighted by molar-refractivity contribution is 5.82. The average molecular weight is 240 g/mol. The highest BCUT2D eigenvalue weighted by Crippen LogP contribution is 2.02. The van der Waals surface area contributed by atoms with Crippen molar-refractivity contribution in [2.45, 2.75) is 6.54 Å². The number of carbonyl (C=O) groups is 2. The van der Waals surface area contributed by atoms with Crippen molar-refractivity contribution in [2.24, 2.45) is 0 Å². The zero-order chi connectivity index (χ0) is 12.7. The summed E-state index contributed by atoms with van der Waals surface area (Å²) in [4.78, 5) is 21.3. The summed E-state index contributed by atoms with van der Waals surface area (Å²) >= 11 is 0. The van der Waals surface area contributed by atoms with Crippen LogP contribution in [0.25, 0.3) is 0 Å². The summed E-state index contributed by atoms with van der Waals surface area (Å²) in [6.07, 6.45) is 0. The van der Waals surface area contributed by atoms with E-state index in [4.69, 9.17) is 5.11 Å². The van der Waals surface area contributed by atoms with Crippen LogP contribution < -0.4 is 10.6 Å². The number of benzene rings is 1. The molecule has 0 saturated heterocycles. The maximum Gasteiger partial charge on any atom is 0.322 e. The Kier molecular flexibility index (Phi) is 5.09. The second-order valence-electron chi connectivity index (χ2n) is 3.40. The minimum Gasteiger partial charge on any atom is -0.480 e. The molecule has 0 aliphatic rings. The highest BCUT2D eigenvalue weighted by Gasteiger charge is 2.03. The molecule has 0 saturated carbocycles. The quantitative estimate of drug-likeness (QED) is 0.659. The van der Waals surface area contributed by atoms with Crippen molar-refractivity contribution < 1.29 is 19.1 Å². The molecule has 1 amide bonds. The van der Waals surface area contributed by atoms with E-state index in [-0.39, 0.29) is 12.4 Å². The van der Waals surface area contributed by atoms with Crippen molar-refractivity contribution in [1.82, 2.24) is 10.6 Å². The van der Waals surface area contributed by atoms with Gasteiger partial charge in [-0.2, -0.15) is 0 Å². The third-order valence-corrected chi connectivity index (χ3v) is 1.94. The number of halogens is 1. The molecule has 0 atom stereocenters. The predicted octanol–water partition coefficient (Wildman–Crippen LogP) is 0.116. The number of hydrogen-bond acceptors (Lipinski definition) is 3. The summed E-state index contributed by atoms with van der Waals surface area (Å²) in [5, 5.41) is 13.3. The van der Waals surface area contributed by atoms with Gasteiger partial charge in [0.05, 0.1) is 6.54 Å². The molecule has 0 bridgehead atoms. The van der Waals surface area contributed by atoms with Crippen LogP contribution in [-0.4, -0.2) is 30.1 Å². The molecule has 0 spiro atoms. The maximum absolute atomic E-state index is 12.8. The molecule has 0 heterocycles. The fourth-order valence-corrected chi connectivity index (χ4v) is 1.20. The van der Waals surface area contributed by atoms with Crippen LogP contribution in [0.3, 0.4) is 0 Å². The van der Waals surface area contributed by atoms with Gasteiger partial charge in [-0.25, -0.2) is 4.39 Å². The highest BCUT2D eigenvalue weighted by atomic mass is 19.1. The predicted molar refractivity (Wildman–Crippen MR) is 58.8 cm³/mol. The molecule has 92 valence electrons. The number of carbonyl (C=O) groups excluding carboxylic acids is 1. The summed E-state index contributed by atoms with van der Waals surface area (Å²) in [5.41, 5.74) is 0.719. The van der Waals surface area contributed by atoms with E-state index < -0.39 is 18.4 Å². The number of hydrogen-bond donors (Lipinski definition) is 3. The standard InChI is InChI=1S/C11H13FN2O3/c12-9-3-1-2-8(4-9)5-13-6-10(15)14-7-11(16)17/h1-4,13H,5-7H2,(H,14,15)(H,16,17). The van der Waals surface area contributed by atoms with E-state index in [1.54, 1.807) is 12.1 Å². The molecule has 6 heteroatoms. The van der Waals surface area contributed by atoms with Gasteiger partial charge in [0.2, 0.25) is 5.91 Å². The Morgan fingerprint density at radius 3 is 2.71 bits per heavy atom. The molecule has 5 nitrogen and oxygen atoms in total.